The van der Waals surface area contributed by atoms with Crippen molar-refractivity contribution in [3.05, 3.63) is 51.6 Å². The van der Waals surface area contributed by atoms with E-state index in [1.54, 1.807) is 11.3 Å². The molecule has 1 unspecified atom stereocenters. The lowest BCUT2D eigenvalue weighted by atomic mass is 10.1. The van der Waals surface area contributed by atoms with Crippen molar-refractivity contribution in [1.82, 2.24) is 9.55 Å². The minimum atomic E-state index is 0.146. The number of aromatic nitrogens is 2. The van der Waals surface area contributed by atoms with E-state index in [0.717, 1.165) is 23.5 Å². The van der Waals surface area contributed by atoms with Gasteiger partial charge in [-0.3, -0.25) is 4.98 Å². The zero-order valence-corrected chi connectivity index (χ0v) is 12.8. The van der Waals surface area contributed by atoms with Crippen LogP contribution in [-0.4, -0.2) is 15.6 Å². The van der Waals surface area contributed by atoms with Gasteiger partial charge in [0.1, 0.15) is 0 Å². The van der Waals surface area contributed by atoms with E-state index in [0.29, 0.717) is 0 Å². The van der Waals surface area contributed by atoms with Crippen molar-refractivity contribution in [2.45, 2.75) is 25.9 Å². The molecule has 2 N–H and O–H groups in total. The Hall–Kier alpha value is -1.36. The molecule has 5 heteroatoms. The lowest BCUT2D eigenvalue weighted by molar-refractivity contribution is 0.735. The van der Waals surface area contributed by atoms with Crippen molar-refractivity contribution in [1.29, 1.82) is 0 Å². The average Bonchev–Trinajstić information content (AvgIpc) is 2.99. The molecule has 104 valence electrons. The smallest absolute Gasteiger partial charge is 0.0794 e. The summed E-state index contributed by atoms with van der Waals surface area (Å²) in [6.45, 7) is 2.85. The quantitative estimate of drug-likeness (QED) is 0.799. The third-order valence-electron chi connectivity index (χ3n) is 3.28. The van der Waals surface area contributed by atoms with Crippen LogP contribution in [0.2, 0.25) is 5.02 Å². The Morgan fingerprint density at radius 2 is 2.30 bits per heavy atom. The summed E-state index contributed by atoms with van der Waals surface area (Å²) >= 11 is 7.80. The molecule has 1 aromatic carbocycles. The van der Waals surface area contributed by atoms with Crippen molar-refractivity contribution in [3.8, 4) is 0 Å². The van der Waals surface area contributed by atoms with Gasteiger partial charge in [0.2, 0.25) is 0 Å². The maximum Gasteiger partial charge on any atom is 0.0794 e. The summed E-state index contributed by atoms with van der Waals surface area (Å²) in [5, 5.41) is 1.99. The van der Waals surface area contributed by atoms with Crippen molar-refractivity contribution in [3.63, 3.8) is 0 Å². The summed E-state index contributed by atoms with van der Waals surface area (Å²) < 4.78 is 2.23. The van der Waals surface area contributed by atoms with Gasteiger partial charge in [0, 0.05) is 33.7 Å². The maximum atomic E-state index is 6.14. The number of rotatable bonds is 4. The van der Waals surface area contributed by atoms with Crippen LogP contribution in [0.25, 0.3) is 10.9 Å². The highest BCUT2D eigenvalue weighted by Crippen LogP contribution is 2.27. The van der Waals surface area contributed by atoms with Gasteiger partial charge in [0.25, 0.3) is 0 Å². The van der Waals surface area contributed by atoms with E-state index in [4.69, 9.17) is 17.3 Å². The Morgan fingerprint density at radius 3 is 3.00 bits per heavy atom. The lowest BCUT2D eigenvalue weighted by Crippen LogP contribution is -2.17. The minimum Gasteiger partial charge on any atom is -0.342 e. The molecular weight excluding hydrogens is 290 g/mol. The zero-order chi connectivity index (χ0) is 14.1. The summed E-state index contributed by atoms with van der Waals surface area (Å²) in [6, 6.07) is 6.18. The molecule has 20 heavy (non-hydrogen) atoms. The first-order valence-corrected chi connectivity index (χ1v) is 7.79. The first-order valence-electron chi connectivity index (χ1n) is 6.53. The maximum absolute atomic E-state index is 6.14. The SMILES string of the molecule is CC(N)Cc1cn(Cc2cncs2)c2cc(Cl)ccc12. The highest BCUT2D eigenvalue weighted by atomic mass is 35.5. The molecule has 3 nitrogen and oxygen atoms in total. The molecule has 0 radical (unpaired) electrons. The van der Waals surface area contributed by atoms with Crippen LogP contribution in [0.1, 0.15) is 17.4 Å². The van der Waals surface area contributed by atoms with Crippen LogP contribution in [0.15, 0.2) is 36.1 Å². The molecular formula is C15H16ClN3S. The second kappa shape index (κ2) is 5.56. The highest BCUT2D eigenvalue weighted by Gasteiger charge is 2.11. The molecule has 0 spiro atoms. The minimum absolute atomic E-state index is 0.146. The van der Waals surface area contributed by atoms with Gasteiger partial charge < -0.3 is 10.3 Å². The number of benzene rings is 1. The summed E-state index contributed by atoms with van der Waals surface area (Å²) in [6.07, 6.45) is 4.96. The van der Waals surface area contributed by atoms with E-state index in [-0.39, 0.29) is 6.04 Å². The lowest BCUT2D eigenvalue weighted by Gasteiger charge is -2.03. The summed E-state index contributed by atoms with van der Waals surface area (Å²) in [5.41, 5.74) is 10.2. The second-order valence-corrected chi connectivity index (χ2v) is 6.50. The Kier molecular flexibility index (Phi) is 3.78. The molecule has 0 fully saturated rings. The highest BCUT2D eigenvalue weighted by molar-refractivity contribution is 7.09. The second-order valence-electron chi connectivity index (χ2n) is 5.09. The molecule has 0 aliphatic rings. The molecule has 3 rings (SSSR count). The molecule has 0 amide bonds. The van der Waals surface area contributed by atoms with Gasteiger partial charge in [0.15, 0.2) is 0 Å². The van der Waals surface area contributed by atoms with Crippen molar-refractivity contribution >= 4 is 33.8 Å². The Balaban J connectivity index is 2.08. The number of fused-ring (bicyclic) bond motifs is 1. The first-order chi connectivity index (χ1) is 9.63. The molecule has 1 atom stereocenters. The Morgan fingerprint density at radius 1 is 1.45 bits per heavy atom. The van der Waals surface area contributed by atoms with E-state index in [1.165, 1.54) is 15.8 Å². The number of thiazole rings is 1. The number of nitrogens with two attached hydrogens (primary N) is 1. The van der Waals surface area contributed by atoms with Crippen LogP contribution >= 0.6 is 22.9 Å². The monoisotopic (exact) mass is 305 g/mol. The molecule has 0 bridgehead atoms. The standard InChI is InChI=1S/C15H16ClN3S/c1-10(17)4-11-7-19(8-13-6-18-9-20-13)15-5-12(16)2-3-14(11)15/h2-3,5-7,9-10H,4,8,17H2,1H3. The van der Waals surface area contributed by atoms with Gasteiger partial charge in [-0.05, 0) is 31.0 Å². The topological polar surface area (TPSA) is 43.8 Å². The fourth-order valence-corrected chi connectivity index (χ4v) is 3.23. The number of hydrogen-bond acceptors (Lipinski definition) is 3. The predicted octanol–water partition coefficient (Wildman–Crippen LogP) is 3.69. The fourth-order valence-electron chi connectivity index (χ4n) is 2.47. The van der Waals surface area contributed by atoms with Gasteiger partial charge in [-0.25, -0.2) is 0 Å². The van der Waals surface area contributed by atoms with E-state index in [9.17, 15) is 0 Å². The van der Waals surface area contributed by atoms with Crippen molar-refractivity contribution < 1.29 is 0 Å². The van der Waals surface area contributed by atoms with Gasteiger partial charge in [-0.15, -0.1) is 11.3 Å². The number of hydrogen-bond donors (Lipinski definition) is 1. The number of halogens is 1. The van der Waals surface area contributed by atoms with E-state index in [2.05, 4.69) is 21.8 Å². The van der Waals surface area contributed by atoms with E-state index < -0.39 is 0 Å². The van der Waals surface area contributed by atoms with E-state index in [1.807, 2.05) is 30.8 Å². The van der Waals surface area contributed by atoms with Gasteiger partial charge in [-0.2, -0.15) is 0 Å². The molecule has 0 saturated heterocycles. The Labute approximate surface area is 127 Å². The normalized spacial score (nSPS) is 12.9. The zero-order valence-electron chi connectivity index (χ0n) is 11.2. The summed E-state index contributed by atoms with van der Waals surface area (Å²) in [7, 11) is 0. The molecule has 0 aliphatic heterocycles. The van der Waals surface area contributed by atoms with Crippen LogP contribution in [-0.2, 0) is 13.0 Å². The average molecular weight is 306 g/mol. The molecule has 0 saturated carbocycles. The summed E-state index contributed by atoms with van der Waals surface area (Å²) in [5.74, 6) is 0. The largest absolute Gasteiger partial charge is 0.342 e. The predicted molar refractivity (Wildman–Crippen MR) is 85.5 cm³/mol. The van der Waals surface area contributed by atoms with Crippen LogP contribution in [0, 0.1) is 0 Å². The molecule has 3 aromatic rings. The molecule has 2 heterocycles. The van der Waals surface area contributed by atoms with Crippen molar-refractivity contribution in [2.75, 3.05) is 0 Å². The summed E-state index contributed by atoms with van der Waals surface area (Å²) in [4.78, 5) is 5.36. The third-order valence-corrected chi connectivity index (χ3v) is 4.28. The van der Waals surface area contributed by atoms with Crippen LogP contribution in [0.3, 0.4) is 0 Å². The van der Waals surface area contributed by atoms with Crippen LogP contribution < -0.4 is 5.73 Å². The van der Waals surface area contributed by atoms with Crippen molar-refractivity contribution in [2.24, 2.45) is 5.73 Å². The van der Waals surface area contributed by atoms with Crippen LogP contribution in [0.5, 0.6) is 0 Å². The molecule has 0 aliphatic carbocycles. The van der Waals surface area contributed by atoms with E-state index >= 15 is 0 Å². The third kappa shape index (κ3) is 2.73. The molecule has 2 aromatic heterocycles. The number of nitrogens with zero attached hydrogens (tertiary/aromatic N) is 2. The van der Waals surface area contributed by atoms with Gasteiger partial charge in [0.05, 0.1) is 17.6 Å². The Bertz CT molecular complexity index is 716. The van der Waals surface area contributed by atoms with Gasteiger partial charge in [-0.1, -0.05) is 17.7 Å². The van der Waals surface area contributed by atoms with Gasteiger partial charge >= 0.3 is 0 Å². The van der Waals surface area contributed by atoms with Crippen LogP contribution in [0.4, 0.5) is 0 Å². The first kappa shape index (κ1) is 13.6. The fraction of sp³-hybridized carbons (Fsp3) is 0.267.